The Morgan fingerprint density at radius 1 is 1.85 bits per heavy atom. The minimum absolute atomic E-state index is 0.0469. The standard InChI is InChI=1S/C7H10BrN3O2/c1-2-13-6(12)4-11-7(9)5(8)3-10-11/h3H,2,4,9H2,1H3. The van der Waals surface area contributed by atoms with Gasteiger partial charge in [-0.15, -0.1) is 0 Å². The molecule has 1 rings (SSSR count). The molecule has 0 aliphatic carbocycles. The number of halogens is 1. The maximum atomic E-state index is 11.0. The van der Waals surface area contributed by atoms with Crippen molar-refractivity contribution in [1.29, 1.82) is 0 Å². The van der Waals surface area contributed by atoms with E-state index in [1.165, 1.54) is 10.9 Å². The third kappa shape index (κ3) is 2.45. The molecule has 0 aliphatic heterocycles. The molecule has 13 heavy (non-hydrogen) atoms. The van der Waals surface area contributed by atoms with Crippen molar-refractivity contribution in [2.24, 2.45) is 0 Å². The van der Waals surface area contributed by atoms with Gasteiger partial charge in [0, 0.05) is 0 Å². The first-order chi connectivity index (χ1) is 6.15. The van der Waals surface area contributed by atoms with Crippen LogP contribution in [-0.4, -0.2) is 22.4 Å². The second-order valence-electron chi connectivity index (χ2n) is 2.34. The summed E-state index contributed by atoms with van der Waals surface area (Å²) in [5, 5.41) is 3.88. The lowest BCUT2D eigenvalue weighted by Gasteiger charge is -2.03. The highest BCUT2D eigenvalue weighted by molar-refractivity contribution is 9.10. The first-order valence-electron chi connectivity index (χ1n) is 3.77. The molecular weight excluding hydrogens is 238 g/mol. The SMILES string of the molecule is CCOC(=O)Cn1ncc(Br)c1N. The quantitative estimate of drug-likeness (QED) is 0.803. The Hall–Kier alpha value is -1.04. The van der Waals surface area contributed by atoms with E-state index in [2.05, 4.69) is 21.0 Å². The molecular formula is C7H10BrN3O2. The van der Waals surface area contributed by atoms with Gasteiger partial charge in [0.1, 0.15) is 12.4 Å². The fraction of sp³-hybridized carbons (Fsp3) is 0.429. The number of anilines is 1. The number of hydrogen-bond donors (Lipinski definition) is 1. The molecule has 0 bridgehead atoms. The Bertz CT molecular complexity index is 311. The maximum Gasteiger partial charge on any atom is 0.327 e. The van der Waals surface area contributed by atoms with Gasteiger partial charge in [0.2, 0.25) is 0 Å². The summed E-state index contributed by atoms with van der Waals surface area (Å²) >= 11 is 3.18. The topological polar surface area (TPSA) is 70.1 Å². The molecule has 0 spiro atoms. The van der Waals surface area contributed by atoms with Crippen molar-refractivity contribution in [2.45, 2.75) is 13.5 Å². The zero-order valence-electron chi connectivity index (χ0n) is 7.16. The molecule has 0 unspecified atom stereocenters. The van der Waals surface area contributed by atoms with Crippen molar-refractivity contribution in [1.82, 2.24) is 9.78 Å². The third-order valence-electron chi connectivity index (χ3n) is 1.42. The van der Waals surface area contributed by atoms with Gasteiger partial charge in [0.05, 0.1) is 17.3 Å². The molecule has 0 saturated heterocycles. The van der Waals surface area contributed by atoms with Crippen molar-refractivity contribution in [3.05, 3.63) is 10.7 Å². The van der Waals surface area contributed by atoms with E-state index in [-0.39, 0.29) is 12.5 Å². The van der Waals surface area contributed by atoms with Crippen molar-refractivity contribution in [2.75, 3.05) is 12.3 Å². The zero-order valence-corrected chi connectivity index (χ0v) is 8.74. The first kappa shape index (κ1) is 10.0. The first-order valence-corrected chi connectivity index (χ1v) is 4.56. The van der Waals surface area contributed by atoms with Crippen LogP contribution >= 0.6 is 15.9 Å². The molecule has 0 aromatic carbocycles. The van der Waals surface area contributed by atoms with E-state index >= 15 is 0 Å². The summed E-state index contributed by atoms with van der Waals surface area (Å²) in [5.41, 5.74) is 5.59. The summed E-state index contributed by atoms with van der Waals surface area (Å²) in [4.78, 5) is 11.0. The van der Waals surface area contributed by atoms with E-state index in [0.29, 0.717) is 16.9 Å². The lowest BCUT2D eigenvalue weighted by atomic mass is 10.6. The van der Waals surface area contributed by atoms with Crippen molar-refractivity contribution >= 4 is 27.7 Å². The number of carbonyl (C=O) groups is 1. The van der Waals surface area contributed by atoms with Gasteiger partial charge in [-0.2, -0.15) is 5.10 Å². The highest BCUT2D eigenvalue weighted by Gasteiger charge is 2.08. The Labute approximate surface area is 84.0 Å². The molecule has 5 nitrogen and oxygen atoms in total. The van der Waals surface area contributed by atoms with Crippen LogP contribution in [0.3, 0.4) is 0 Å². The molecule has 2 N–H and O–H groups in total. The van der Waals surface area contributed by atoms with E-state index < -0.39 is 0 Å². The molecule has 0 aliphatic rings. The van der Waals surface area contributed by atoms with Gasteiger partial charge in [-0.25, -0.2) is 4.68 Å². The van der Waals surface area contributed by atoms with Crippen molar-refractivity contribution < 1.29 is 9.53 Å². The summed E-state index contributed by atoms with van der Waals surface area (Å²) in [6, 6.07) is 0. The Morgan fingerprint density at radius 3 is 3.00 bits per heavy atom. The minimum Gasteiger partial charge on any atom is -0.465 e. The molecule has 6 heteroatoms. The largest absolute Gasteiger partial charge is 0.465 e. The summed E-state index contributed by atoms with van der Waals surface area (Å²) in [5.74, 6) is 0.0813. The number of nitrogens with zero attached hydrogens (tertiary/aromatic N) is 2. The van der Waals surface area contributed by atoms with Gasteiger partial charge in [-0.3, -0.25) is 4.79 Å². The van der Waals surface area contributed by atoms with E-state index in [1.54, 1.807) is 6.92 Å². The predicted octanol–water partition coefficient (Wildman–Crippen LogP) is 0.791. The molecule has 72 valence electrons. The fourth-order valence-electron chi connectivity index (χ4n) is 0.827. The van der Waals surface area contributed by atoms with E-state index in [0.717, 1.165) is 0 Å². The molecule has 0 atom stereocenters. The second kappa shape index (κ2) is 4.27. The normalized spacial score (nSPS) is 10.0. The molecule has 1 aromatic rings. The number of ether oxygens (including phenoxy) is 1. The highest BCUT2D eigenvalue weighted by Crippen LogP contribution is 2.17. The smallest absolute Gasteiger partial charge is 0.327 e. The van der Waals surface area contributed by atoms with Gasteiger partial charge in [-0.1, -0.05) is 0 Å². The van der Waals surface area contributed by atoms with Crippen LogP contribution in [0.1, 0.15) is 6.92 Å². The minimum atomic E-state index is -0.343. The van der Waals surface area contributed by atoms with Gasteiger partial charge in [0.25, 0.3) is 0 Å². The number of esters is 1. The van der Waals surface area contributed by atoms with Crippen LogP contribution in [0.25, 0.3) is 0 Å². The van der Waals surface area contributed by atoms with Gasteiger partial charge in [0.15, 0.2) is 0 Å². The monoisotopic (exact) mass is 247 g/mol. The second-order valence-corrected chi connectivity index (χ2v) is 3.19. The summed E-state index contributed by atoms with van der Waals surface area (Å²) in [6.45, 7) is 2.16. The lowest BCUT2D eigenvalue weighted by molar-refractivity contribution is -0.143. The number of nitrogens with two attached hydrogens (primary N) is 1. The summed E-state index contributed by atoms with van der Waals surface area (Å²) < 4.78 is 6.79. The van der Waals surface area contributed by atoms with E-state index in [9.17, 15) is 4.79 Å². The van der Waals surface area contributed by atoms with Crippen LogP contribution in [-0.2, 0) is 16.1 Å². The lowest BCUT2D eigenvalue weighted by Crippen LogP contribution is -2.15. The van der Waals surface area contributed by atoms with Gasteiger partial charge >= 0.3 is 5.97 Å². The van der Waals surface area contributed by atoms with Gasteiger partial charge in [-0.05, 0) is 22.9 Å². The Balaban J connectivity index is 2.64. The number of nitrogen functional groups attached to an aromatic ring is 1. The number of aromatic nitrogens is 2. The third-order valence-corrected chi connectivity index (χ3v) is 2.03. The number of carbonyl (C=O) groups excluding carboxylic acids is 1. The molecule has 1 heterocycles. The summed E-state index contributed by atoms with van der Waals surface area (Å²) in [7, 11) is 0. The molecule has 0 amide bonds. The maximum absolute atomic E-state index is 11.0. The Kier molecular flexibility index (Phi) is 3.30. The van der Waals surface area contributed by atoms with E-state index in [1.807, 2.05) is 0 Å². The average Bonchev–Trinajstić information content (AvgIpc) is 2.37. The van der Waals surface area contributed by atoms with Crippen molar-refractivity contribution in [3.8, 4) is 0 Å². The van der Waals surface area contributed by atoms with Crippen LogP contribution in [0, 0.1) is 0 Å². The van der Waals surface area contributed by atoms with Crippen LogP contribution in [0.5, 0.6) is 0 Å². The van der Waals surface area contributed by atoms with Crippen LogP contribution in [0.15, 0.2) is 10.7 Å². The fourth-order valence-corrected chi connectivity index (χ4v) is 1.12. The average molecular weight is 248 g/mol. The van der Waals surface area contributed by atoms with Gasteiger partial charge < -0.3 is 10.5 Å². The van der Waals surface area contributed by atoms with Crippen LogP contribution in [0.2, 0.25) is 0 Å². The van der Waals surface area contributed by atoms with Crippen LogP contribution in [0.4, 0.5) is 5.82 Å². The Morgan fingerprint density at radius 2 is 2.54 bits per heavy atom. The number of rotatable bonds is 3. The molecule has 1 aromatic heterocycles. The van der Waals surface area contributed by atoms with Crippen molar-refractivity contribution in [3.63, 3.8) is 0 Å². The predicted molar refractivity (Wildman–Crippen MR) is 51.0 cm³/mol. The molecule has 0 saturated carbocycles. The highest BCUT2D eigenvalue weighted by atomic mass is 79.9. The number of hydrogen-bond acceptors (Lipinski definition) is 4. The molecule has 0 radical (unpaired) electrons. The van der Waals surface area contributed by atoms with Crippen LogP contribution < -0.4 is 5.73 Å². The van der Waals surface area contributed by atoms with E-state index in [4.69, 9.17) is 10.5 Å². The summed E-state index contributed by atoms with van der Waals surface area (Å²) in [6.07, 6.45) is 1.54. The zero-order chi connectivity index (χ0) is 9.84. The molecule has 0 fully saturated rings.